The van der Waals surface area contributed by atoms with Crippen LogP contribution < -0.4 is 0 Å². The Hall–Kier alpha value is 0.390. The average Bonchev–Trinajstić information content (AvgIpc) is 2.26. The van der Waals surface area contributed by atoms with E-state index in [1.807, 2.05) is 0 Å². The first-order valence-corrected chi connectivity index (χ1v) is 9.46. The third kappa shape index (κ3) is 6.53. The number of nitrogens with zero attached hydrogens (tertiary/aromatic N) is 1. The third-order valence-electron chi connectivity index (χ3n) is 3.12. The van der Waals surface area contributed by atoms with Crippen molar-refractivity contribution in [1.82, 2.24) is 4.31 Å². The summed E-state index contributed by atoms with van der Waals surface area (Å²) in [5.74, 6) is 0.250. The van der Waals surface area contributed by atoms with E-state index in [4.69, 9.17) is 0 Å². The number of hydrogen-bond donors (Lipinski definition) is 0. The van der Waals surface area contributed by atoms with Crippen LogP contribution in [0.2, 0.25) is 0 Å². The second kappa shape index (κ2) is 7.85. The van der Waals surface area contributed by atoms with Crippen LogP contribution >= 0.6 is 15.9 Å². The van der Waals surface area contributed by atoms with Gasteiger partial charge in [0.05, 0.1) is 5.75 Å². The average molecular weight is 342 g/mol. The lowest BCUT2D eigenvalue weighted by Crippen LogP contribution is -2.42. The van der Waals surface area contributed by atoms with Gasteiger partial charge in [0.15, 0.2) is 0 Å². The van der Waals surface area contributed by atoms with E-state index in [9.17, 15) is 8.42 Å². The Morgan fingerprint density at radius 3 is 2.00 bits per heavy atom. The molecule has 0 atom stereocenters. The van der Waals surface area contributed by atoms with Crippen LogP contribution in [0.1, 0.15) is 53.9 Å². The molecule has 0 spiro atoms. The molecule has 0 saturated carbocycles. The van der Waals surface area contributed by atoms with Gasteiger partial charge in [-0.1, -0.05) is 50.5 Å². The van der Waals surface area contributed by atoms with E-state index in [0.717, 1.165) is 12.8 Å². The van der Waals surface area contributed by atoms with Crippen molar-refractivity contribution < 1.29 is 8.42 Å². The fraction of sp³-hybridized carbons (Fsp3) is 1.00. The molecule has 0 aliphatic rings. The van der Waals surface area contributed by atoms with E-state index in [2.05, 4.69) is 50.5 Å². The van der Waals surface area contributed by atoms with Crippen LogP contribution in [0.5, 0.6) is 0 Å². The summed E-state index contributed by atoms with van der Waals surface area (Å²) in [5.41, 5.74) is 0.0566. The van der Waals surface area contributed by atoms with E-state index >= 15 is 0 Å². The Morgan fingerprint density at radius 2 is 1.67 bits per heavy atom. The highest BCUT2D eigenvalue weighted by atomic mass is 79.9. The lowest BCUT2D eigenvalue weighted by Gasteiger charge is -2.30. The van der Waals surface area contributed by atoms with E-state index in [1.54, 1.807) is 4.31 Å². The molecule has 0 bridgehead atoms. The first-order chi connectivity index (χ1) is 8.18. The van der Waals surface area contributed by atoms with Crippen LogP contribution in [0.4, 0.5) is 0 Å². The minimum absolute atomic E-state index is 0.0566. The largest absolute Gasteiger partial charge is 0.214 e. The molecule has 110 valence electrons. The summed E-state index contributed by atoms with van der Waals surface area (Å²) in [6, 6.07) is 0.132. The van der Waals surface area contributed by atoms with Crippen molar-refractivity contribution in [1.29, 1.82) is 0 Å². The van der Waals surface area contributed by atoms with Gasteiger partial charge in [0.25, 0.3) is 0 Å². The van der Waals surface area contributed by atoms with Gasteiger partial charge in [0.2, 0.25) is 10.0 Å². The Labute approximate surface area is 122 Å². The minimum Gasteiger partial charge on any atom is -0.212 e. The maximum Gasteiger partial charge on any atom is 0.214 e. The maximum absolute atomic E-state index is 12.4. The lowest BCUT2D eigenvalue weighted by atomic mass is 9.94. The second-order valence-electron chi connectivity index (χ2n) is 5.90. The summed E-state index contributed by atoms with van der Waals surface area (Å²) >= 11 is 3.35. The molecule has 0 N–H and O–H groups in total. The first-order valence-electron chi connectivity index (χ1n) is 6.73. The topological polar surface area (TPSA) is 37.4 Å². The van der Waals surface area contributed by atoms with Crippen molar-refractivity contribution in [2.24, 2.45) is 5.41 Å². The van der Waals surface area contributed by atoms with Crippen LogP contribution in [0.3, 0.4) is 0 Å². The molecule has 0 aromatic heterocycles. The summed E-state index contributed by atoms with van der Waals surface area (Å²) in [4.78, 5) is 0. The number of hydrogen-bond acceptors (Lipinski definition) is 2. The van der Waals surface area contributed by atoms with E-state index in [1.165, 1.54) is 0 Å². The number of sulfonamides is 1. The molecule has 0 aromatic rings. The zero-order valence-electron chi connectivity index (χ0n) is 12.4. The Balaban J connectivity index is 4.86. The second-order valence-corrected chi connectivity index (χ2v) is 8.73. The van der Waals surface area contributed by atoms with Crippen LogP contribution in [-0.4, -0.2) is 36.4 Å². The predicted octanol–water partition coefficient (Wildman–Crippen LogP) is 3.64. The van der Waals surface area contributed by atoms with Crippen molar-refractivity contribution in [3.05, 3.63) is 0 Å². The summed E-state index contributed by atoms with van der Waals surface area (Å²) in [6.07, 6.45) is 2.45. The molecule has 0 rings (SSSR count). The van der Waals surface area contributed by atoms with Gasteiger partial charge < -0.3 is 0 Å². The highest BCUT2D eigenvalue weighted by molar-refractivity contribution is 9.09. The molecule has 0 heterocycles. The van der Waals surface area contributed by atoms with Crippen LogP contribution in [-0.2, 0) is 10.0 Å². The zero-order chi connectivity index (χ0) is 14.4. The Kier molecular flexibility index (Phi) is 8.02. The standard InChI is InChI=1S/C13H28BrNO2S/c1-6-12(7-2)15(10-9-14)18(16,17)11-8-13(3,4)5/h12H,6-11H2,1-5H3. The molecule has 0 radical (unpaired) electrons. The fourth-order valence-corrected chi connectivity index (χ4v) is 4.72. The van der Waals surface area contributed by atoms with Gasteiger partial charge in [-0.2, -0.15) is 4.31 Å². The van der Waals surface area contributed by atoms with Gasteiger partial charge in [-0.25, -0.2) is 8.42 Å². The molecule has 0 aliphatic carbocycles. The minimum atomic E-state index is -3.14. The van der Waals surface area contributed by atoms with Gasteiger partial charge in [0.1, 0.15) is 0 Å². The first kappa shape index (κ1) is 18.4. The molecule has 0 aromatic carbocycles. The molecule has 0 aliphatic heterocycles. The molecule has 5 heteroatoms. The molecule has 18 heavy (non-hydrogen) atoms. The summed E-state index contributed by atoms with van der Waals surface area (Å²) < 4.78 is 26.6. The van der Waals surface area contributed by atoms with Crippen molar-refractivity contribution in [3.8, 4) is 0 Å². The molecule has 3 nitrogen and oxygen atoms in total. The summed E-state index contributed by atoms with van der Waals surface area (Å²) in [6.45, 7) is 10.9. The molecular weight excluding hydrogens is 314 g/mol. The lowest BCUT2D eigenvalue weighted by molar-refractivity contribution is 0.312. The third-order valence-corrected chi connectivity index (χ3v) is 5.39. The molecule has 0 fully saturated rings. The molecule has 0 saturated heterocycles. The van der Waals surface area contributed by atoms with Crippen LogP contribution in [0, 0.1) is 5.41 Å². The monoisotopic (exact) mass is 341 g/mol. The Morgan fingerprint density at radius 1 is 1.17 bits per heavy atom. The van der Waals surface area contributed by atoms with Gasteiger partial charge in [-0.3, -0.25) is 0 Å². The van der Waals surface area contributed by atoms with Gasteiger partial charge in [-0.05, 0) is 24.7 Å². The number of halogens is 1. The van der Waals surface area contributed by atoms with Crippen molar-refractivity contribution in [2.75, 3.05) is 17.6 Å². The van der Waals surface area contributed by atoms with Gasteiger partial charge in [0, 0.05) is 17.9 Å². The van der Waals surface area contributed by atoms with Crippen molar-refractivity contribution >= 4 is 26.0 Å². The fourth-order valence-electron chi connectivity index (χ4n) is 1.88. The highest BCUT2D eigenvalue weighted by Crippen LogP contribution is 2.22. The van der Waals surface area contributed by atoms with E-state index in [-0.39, 0.29) is 17.2 Å². The maximum atomic E-state index is 12.4. The Bertz CT molecular complexity index is 318. The molecule has 0 amide bonds. The summed E-state index contributed by atoms with van der Waals surface area (Å²) in [5, 5.41) is 0.693. The van der Waals surface area contributed by atoms with Crippen molar-refractivity contribution in [3.63, 3.8) is 0 Å². The molecule has 0 unspecified atom stereocenters. The van der Waals surface area contributed by atoms with E-state index < -0.39 is 10.0 Å². The number of alkyl halides is 1. The van der Waals surface area contributed by atoms with Crippen LogP contribution in [0.25, 0.3) is 0 Å². The zero-order valence-corrected chi connectivity index (χ0v) is 14.8. The van der Waals surface area contributed by atoms with Gasteiger partial charge >= 0.3 is 0 Å². The van der Waals surface area contributed by atoms with Crippen molar-refractivity contribution in [2.45, 2.75) is 59.9 Å². The number of rotatable bonds is 8. The summed E-state index contributed by atoms with van der Waals surface area (Å²) in [7, 11) is -3.14. The predicted molar refractivity (Wildman–Crippen MR) is 82.7 cm³/mol. The normalized spacial score (nSPS) is 13.6. The van der Waals surface area contributed by atoms with Gasteiger partial charge in [-0.15, -0.1) is 0 Å². The van der Waals surface area contributed by atoms with Crippen LogP contribution in [0.15, 0.2) is 0 Å². The molecular formula is C13H28BrNO2S. The quantitative estimate of drug-likeness (QED) is 0.632. The highest BCUT2D eigenvalue weighted by Gasteiger charge is 2.28. The van der Waals surface area contributed by atoms with E-state index in [0.29, 0.717) is 18.3 Å². The smallest absolute Gasteiger partial charge is 0.212 e. The SMILES string of the molecule is CCC(CC)N(CCBr)S(=O)(=O)CCC(C)(C)C.